The third-order valence-corrected chi connectivity index (χ3v) is 3.20. The second kappa shape index (κ2) is 4.22. The second-order valence-electron chi connectivity index (χ2n) is 6.20. The monoisotopic (exact) mass is 234 g/mol. The van der Waals surface area contributed by atoms with Gasteiger partial charge in [0.15, 0.2) is 0 Å². The number of nitrogen functional groups attached to an aromatic ring is 1. The van der Waals surface area contributed by atoms with E-state index in [0.717, 1.165) is 23.4 Å². The fourth-order valence-electron chi connectivity index (χ4n) is 2.43. The average molecular weight is 234 g/mol. The first-order valence-corrected chi connectivity index (χ1v) is 6.18. The van der Waals surface area contributed by atoms with Crippen LogP contribution in [0.4, 0.5) is 11.4 Å². The molecule has 2 unspecified atom stereocenters. The number of aliphatic hydroxyl groups is 1. The van der Waals surface area contributed by atoms with Crippen LogP contribution in [-0.4, -0.2) is 17.3 Å². The normalized spacial score (nSPS) is 24.0. The van der Waals surface area contributed by atoms with Crippen molar-refractivity contribution in [1.82, 2.24) is 0 Å². The number of benzene rings is 1. The molecule has 1 aromatic rings. The Morgan fingerprint density at radius 1 is 1.41 bits per heavy atom. The minimum absolute atomic E-state index is 0.131. The summed E-state index contributed by atoms with van der Waals surface area (Å²) in [5.41, 5.74) is 8.95. The number of fused-ring (bicyclic) bond motifs is 1. The van der Waals surface area contributed by atoms with Crippen LogP contribution in [0.5, 0.6) is 0 Å². The van der Waals surface area contributed by atoms with Crippen molar-refractivity contribution in [2.75, 3.05) is 11.1 Å². The highest BCUT2D eigenvalue weighted by atomic mass is 16.3. The van der Waals surface area contributed by atoms with Gasteiger partial charge in [-0.05, 0) is 35.6 Å². The molecule has 0 amide bonds. The zero-order chi connectivity index (χ0) is 12.6. The summed E-state index contributed by atoms with van der Waals surface area (Å²) in [6, 6.07) is 5.98. The topological polar surface area (TPSA) is 58.3 Å². The Morgan fingerprint density at radius 2 is 2.12 bits per heavy atom. The number of aliphatic hydroxyl groups excluding tert-OH is 1. The van der Waals surface area contributed by atoms with Crippen molar-refractivity contribution >= 4 is 11.4 Å². The lowest BCUT2D eigenvalue weighted by molar-refractivity contribution is 0.127. The molecule has 94 valence electrons. The van der Waals surface area contributed by atoms with E-state index in [9.17, 15) is 5.11 Å². The van der Waals surface area contributed by atoms with Gasteiger partial charge >= 0.3 is 0 Å². The predicted octanol–water partition coefficient (Wildman–Crippen LogP) is 2.40. The van der Waals surface area contributed by atoms with E-state index >= 15 is 0 Å². The minimum atomic E-state index is -0.330. The van der Waals surface area contributed by atoms with Gasteiger partial charge in [-0.2, -0.15) is 0 Å². The van der Waals surface area contributed by atoms with E-state index in [-0.39, 0.29) is 17.6 Å². The molecule has 4 N–H and O–H groups in total. The molecule has 1 heterocycles. The summed E-state index contributed by atoms with van der Waals surface area (Å²) in [6.07, 6.45) is 1.31. The highest BCUT2D eigenvalue weighted by molar-refractivity contribution is 5.60. The first-order valence-electron chi connectivity index (χ1n) is 6.18. The maximum atomic E-state index is 10.2. The molecule has 1 aliphatic rings. The zero-order valence-electron chi connectivity index (χ0n) is 10.8. The van der Waals surface area contributed by atoms with E-state index in [1.165, 1.54) is 0 Å². The van der Waals surface area contributed by atoms with Crippen LogP contribution in [0.25, 0.3) is 0 Å². The molecule has 0 saturated carbocycles. The van der Waals surface area contributed by atoms with Crippen molar-refractivity contribution in [3.63, 3.8) is 0 Å². The third-order valence-electron chi connectivity index (χ3n) is 3.20. The first kappa shape index (κ1) is 12.2. The van der Waals surface area contributed by atoms with Crippen molar-refractivity contribution in [2.24, 2.45) is 5.41 Å². The molecule has 0 saturated heterocycles. The van der Waals surface area contributed by atoms with E-state index in [4.69, 9.17) is 5.73 Å². The van der Waals surface area contributed by atoms with Crippen LogP contribution in [0.2, 0.25) is 0 Å². The molecular weight excluding hydrogens is 212 g/mol. The van der Waals surface area contributed by atoms with Gasteiger partial charge in [-0.3, -0.25) is 0 Å². The van der Waals surface area contributed by atoms with Crippen LogP contribution < -0.4 is 11.1 Å². The Bertz CT molecular complexity index is 409. The molecule has 2 rings (SSSR count). The number of hydrogen-bond donors (Lipinski definition) is 3. The molecule has 0 aromatic heterocycles. The molecule has 0 radical (unpaired) electrons. The van der Waals surface area contributed by atoms with Crippen LogP contribution in [0.1, 0.15) is 32.8 Å². The summed E-state index contributed by atoms with van der Waals surface area (Å²) in [7, 11) is 0. The summed E-state index contributed by atoms with van der Waals surface area (Å²) in [6.45, 7) is 6.58. The highest BCUT2D eigenvalue weighted by Gasteiger charge is 2.29. The summed E-state index contributed by atoms with van der Waals surface area (Å²) in [4.78, 5) is 0. The van der Waals surface area contributed by atoms with E-state index in [0.29, 0.717) is 6.42 Å². The van der Waals surface area contributed by atoms with Crippen molar-refractivity contribution in [3.8, 4) is 0 Å². The van der Waals surface area contributed by atoms with Gasteiger partial charge in [-0.15, -0.1) is 0 Å². The molecule has 2 atom stereocenters. The predicted molar refractivity (Wildman–Crippen MR) is 72.0 cm³/mol. The standard InChI is InChI=1S/C14H22N2O/c1-14(2,3)8-12-13(17)7-9-6-10(15)4-5-11(9)16-12/h4-6,12-13,16-17H,7-8,15H2,1-3H3. The summed E-state index contributed by atoms with van der Waals surface area (Å²) in [5.74, 6) is 0. The van der Waals surface area contributed by atoms with Crippen molar-refractivity contribution in [2.45, 2.75) is 45.8 Å². The summed E-state index contributed by atoms with van der Waals surface area (Å²) >= 11 is 0. The van der Waals surface area contributed by atoms with E-state index in [2.05, 4.69) is 26.1 Å². The Kier molecular flexibility index (Phi) is 3.04. The molecule has 1 aromatic carbocycles. The van der Waals surface area contributed by atoms with Crippen molar-refractivity contribution in [3.05, 3.63) is 23.8 Å². The van der Waals surface area contributed by atoms with Crippen molar-refractivity contribution < 1.29 is 5.11 Å². The number of hydrogen-bond acceptors (Lipinski definition) is 3. The average Bonchev–Trinajstić information content (AvgIpc) is 2.17. The Labute approximate surface area is 103 Å². The van der Waals surface area contributed by atoms with E-state index in [1.54, 1.807) is 0 Å². The molecule has 0 aliphatic carbocycles. The van der Waals surface area contributed by atoms with Crippen LogP contribution >= 0.6 is 0 Å². The van der Waals surface area contributed by atoms with Crippen LogP contribution in [0, 0.1) is 5.41 Å². The van der Waals surface area contributed by atoms with Crippen molar-refractivity contribution in [1.29, 1.82) is 0 Å². The van der Waals surface area contributed by atoms with Crippen LogP contribution in [0.15, 0.2) is 18.2 Å². The zero-order valence-corrected chi connectivity index (χ0v) is 10.8. The number of nitrogens with two attached hydrogens (primary N) is 1. The number of nitrogens with one attached hydrogen (secondary N) is 1. The Hall–Kier alpha value is -1.22. The van der Waals surface area contributed by atoms with Gasteiger partial charge in [0.2, 0.25) is 0 Å². The maximum absolute atomic E-state index is 10.2. The lowest BCUT2D eigenvalue weighted by Crippen LogP contribution is -2.41. The maximum Gasteiger partial charge on any atom is 0.0782 e. The summed E-state index contributed by atoms with van der Waals surface area (Å²) in [5, 5.41) is 13.6. The van der Waals surface area contributed by atoms with Gasteiger partial charge in [-0.1, -0.05) is 20.8 Å². The van der Waals surface area contributed by atoms with Gasteiger partial charge in [0, 0.05) is 17.8 Å². The quantitative estimate of drug-likeness (QED) is 0.654. The molecule has 0 fully saturated rings. The highest BCUT2D eigenvalue weighted by Crippen LogP contribution is 2.32. The molecule has 1 aliphatic heterocycles. The van der Waals surface area contributed by atoms with E-state index < -0.39 is 0 Å². The Balaban J connectivity index is 2.18. The summed E-state index contributed by atoms with van der Waals surface area (Å²) < 4.78 is 0. The van der Waals surface area contributed by atoms with E-state index in [1.807, 2.05) is 18.2 Å². The van der Waals surface area contributed by atoms with Gasteiger partial charge in [-0.25, -0.2) is 0 Å². The molecule has 0 bridgehead atoms. The number of anilines is 2. The molecule has 3 nitrogen and oxygen atoms in total. The Morgan fingerprint density at radius 3 is 2.76 bits per heavy atom. The lowest BCUT2D eigenvalue weighted by atomic mass is 9.83. The van der Waals surface area contributed by atoms with Gasteiger partial charge < -0.3 is 16.2 Å². The fourth-order valence-corrected chi connectivity index (χ4v) is 2.43. The largest absolute Gasteiger partial charge is 0.399 e. The van der Waals surface area contributed by atoms with Gasteiger partial charge in [0.25, 0.3) is 0 Å². The fraction of sp³-hybridized carbons (Fsp3) is 0.571. The minimum Gasteiger partial charge on any atom is -0.399 e. The smallest absolute Gasteiger partial charge is 0.0782 e. The molecule has 0 spiro atoms. The second-order valence-corrected chi connectivity index (χ2v) is 6.20. The SMILES string of the molecule is CC(C)(C)CC1Nc2ccc(N)cc2CC1O. The number of rotatable bonds is 1. The molecule has 3 heteroatoms. The van der Waals surface area contributed by atoms with Crippen LogP contribution in [0.3, 0.4) is 0 Å². The lowest BCUT2D eigenvalue weighted by Gasteiger charge is -2.35. The first-order chi connectivity index (χ1) is 7.85. The van der Waals surface area contributed by atoms with Gasteiger partial charge in [0.05, 0.1) is 12.1 Å². The molecular formula is C14H22N2O. The third kappa shape index (κ3) is 2.91. The van der Waals surface area contributed by atoms with Crippen LogP contribution in [-0.2, 0) is 6.42 Å². The molecule has 17 heavy (non-hydrogen) atoms. The van der Waals surface area contributed by atoms with Gasteiger partial charge in [0.1, 0.15) is 0 Å².